The molecule has 0 saturated heterocycles. The van der Waals surface area contributed by atoms with Crippen LogP contribution in [-0.2, 0) is 0 Å². The van der Waals surface area contributed by atoms with E-state index in [1.807, 2.05) is 0 Å². The van der Waals surface area contributed by atoms with Crippen molar-refractivity contribution in [1.29, 1.82) is 0 Å². The lowest BCUT2D eigenvalue weighted by atomic mass is 10.1. The molecule has 2 heteroatoms. The molecule has 0 amide bonds. The molecule has 2 N–H and O–H groups in total. The summed E-state index contributed by atoms with van der Waals surface area (Å²) in [6.45, 7) is 5.39. The zero-order valence-electron chi connectivity index (χ0n) is 8.47. The summed E-state index contributed by atoms with van der Waals surface area (Å²) < 4.78 is 0. The lowest BCUT2D eigenvalue weighted by Crippen LogP contribution is -2.28. The monoisotopic (exact) mass is 173 g/mol. The van der Waals surface area contributed by atoms with Crippen molar-refractivity contribution in [3.63, 3.8) is 0 Å². The van der Waals surface area contributed by atoms with E-state index in [1.165, 1.54) is 32.1 Å². The molecule has 0 aliphatic carbocycles. The van der Waals surface area contributed by atoms with Gasteiger partial charge in [-0.05, 0) is 13.3 Å². The first-order valence-electron chi connectivity index (χ1n) is 5.15. The molecule has 0 aromatic heterocycles. The Kier molecular flexibility index (Phi) is 8.95. The number of unbranched alkanes of at least 4 members (excludes halogenated alkanes) is 3. The third-order valence-electron chi connectivity index (χ3n) is 2.10. The highest BCUT2D eigenvalue weighted by atomic mass is 16.3. The van der Waals surface area contributed by atoms with Gasteiger partial charge in [-0.3, -0.25) is 0 Å². The van der Waals surface area contributed by atoms with Crippen molar-refractivity contribution in [2.24, 2.45) is 0 Å². The average Bonchev–Trinajstić information content (AvgIpc) is 2.09. The molecule has 2 nitrogen and oxygen atoms in total. The lowest BCUT2D eigenvalue weighted by Gasteiger charge is -2.11. The van der Waals surface area contributed by atoms with E-state index in [0.717, 1.165) is 6.54 Å². The highest BCUT2D eigenvalue weighted by Gasteiger charge is 1.98. The van der Waals surface area contributed by atoms with Crippen LogP contribution >= 0.6 is 0 Å². The molecule has 1 atom stereocenters. The first-order chi connectivity index (χ1) is 5.81. The average molecular weight is 173 g/mol. The Balaban J connectivity index is 3.02. The van der Waals surface area contributed by atoms with Gasteiger partial charge in [0.25, 0.3) is 0 Å². The Labute approximate surface area is 76.4 Å². The van der Waals surface area contributed by atoms with Crippen molar-refractivity contribution in [3.05, 3.63) is 0 Å². The van der Waals surface area contributed by atoms with Crippen LogP contribution in [0.15, 0.2) is 0 Å². The molecule has 0 aromatic carbocycles. The fourth-order valence-electron chi connectivity index (χ4n) is 1.29. The third-order valence-corrected chi connectivity index (χ3v) is 2.10. The minimum atomic E-state index is 0.249. The van der Waals surface area contributed by atoms with E-state index in [4.69, 9.17) is 5.11 Å². The van der Waals surface area contributed by atoms with Gasteiger partial charge in [0, 0.05) is 12.6 Å². The maximum Gasteiger partial charge on any atom is 0.0556 e. The second-order valence-electron chi connectivity index (χ2n) is 3.43. The van der Waals surface area contributed by atoms with Gasteiger partial charge < -0.3 is 10.4 Å². The third kappa shape index (κ3) is 8.02. The summed E-state index contributed by atoms with van der Waals surface area (Å²) in [5, 5.41) is 11.8. The van der Waals surface area contributed by atoms with Gasteiger partial charge in [-0.1, -0.05) is 32.6 Å². The van der Waals surface area contributed by atoms with Crippen molar-refractivity contribution >= 4 is 0 Å². The fourth-order valence-corrected chi connectivity index (χ4v) is 1.29. The molecule has 0 aromatic rings. The molecule has 0 bridgehead atoms. The lowest BCUT2D eigenvalue weighted by molar-refractivity contribution is 0.283. The summed E-state index contributed by atoms with van der Waals surface area (Å²) in [4.78, 5) is 0. The SMILES string of the molecule is CCCCCC[C@@H](C)NCCO. The number of nitrogens with one attached hydrogen (secondary N) is 1. The van der Waals surface area contributed by atoms with Crippen LogP contribution in [0.4, 0.5) is 0 Å². The summed E-state index contributed by atoms with van der Waals surface area (Å²) in [7, 11) is 0. The van der Waals surface area contributed by atoms with Gasteiger partial charge in [-0.15, -0.1) is 0 Å². The van der Waals surface area contributed by atoms with Crippen molar-refractivity contribution in [1.82, 2.24) is 5.32 Å². The quantitative estimate of drug-likeness (QED) is 0.550. The van der Waals surface area contributed by atoms with Crippen molar-refractivity contribution in [2.75, 3.05) is 13.2 Å². The minimum absolute atomic E-state index is 0.249. The van der Waals surface area contributed by atoms with E-state index in [0.29, 0.717) is 6.04 Å². The molecule has 74 valence electrons. The molecular weight excluding hydrogens is 150 g/mol. The zero-order chi connectivity index (χ0) is 9.23. The summed E-state index contributed by atoms with van der Waals surface area (Å²) in [5.41, 5.74) is 0. The second kappa shape index (κ2) is 9.01. The van der Waals surface area contributed by atoms with E-state index < -0.39 is 0 Å². The highest BCUT2D eigenvalue weighted by Crippen LogP contribution is 2.04. The van der Waals surface area contributed by atoms with Gasteiger partial charge in [-0.25, -0.2) is 0 Å². The molecule has 0 aliphatic rings. The maximum atomic E-state index is 8.56. The smallest absolute Gasteiger partial charge is 0.0556 e. The van der Waals surface area contributed by atoms with E-state index in [1.54, 1.807) is 0 Å². The standard InChI is InChI=1S/C10H23NO/c1-3-4-5-6-7-10(2)11-8-9-12/h10-12H,3-9H2,1-2H3/t10-/m1/s1. The van der Waals surface area contributed by atoms with Crippen LogP contribution < -0.4 is 5.32 Å². The number of hydrogen-bond acceptors (Lipinski definition) is 2. The maximum absolute atomic E-state index is 8.56. The molecule has 0 rings (SSSR count). The van der Waals surface area contributed by atoms with Crippen molar-refractivity contribution in [3.8, 4) is 0 Å². The first-order valence-corrected chi connectivity index (χ1v) is 5.15. The normalized spacial score (nSPS) is 13.2. The van der Waals surface area contributed by atoms with Crippen LogP contribution in [0.1, 0.15) is 46.0 Å². The van der Waals surface area contributed by atoms with Gasteiger partial charge in [0.2, 0.25) is 0 Å². The van der Waals surface area contributed by atoms with Crippen LogP contribution in [-0.4, -0.2) is 24.3 Å². The predicted octanol–water partition coefficient (Wildman–Crippen LogP) is 1.93. The Morgan fingerprint density at radius 1 is 1.25 bits per heavy atom. The molecule has 0 fully saturated rings. The Morgan fingerprint density at radius 3 is 2.58 bits per heavy atom. The summed E-state index contributed by atoms with van der Waals surface area (Å²) >= 11 is 0. The molecule has 0 radical (unpaired) electrons. The summed E-state index contributed by atoms with van der Waals surface area (Å²) in [6, 6.07) is 0.564. The number of hydrogen-bond donors (Lipinski definition) is 2. The predicted molar refractivity (Wildman–Crippen MR) is 53.3 cm³/mol. The van der Waals surface area contributed by atoms with Gasteiger partial charge in [-0.2, -0.15) is 0 Å². The van der Waals surface area contributed by atoms with E-state index in [9.17, 15) is 0 Å². The van der Waals surface area contributed by atoms with E-state index in [2.05, 4.69) is 19.2 Å². The molecular formula is C10H23NO. The molecule has 0 unspecified atom stereocenters. The number of rotatable bonds is 8. The van der Waals surface area contributed by atoms with Crippen molar-refractivity contribution in [2.45, 2.75) is 52.0 Å². The van der Waals surface area contributed by atoms with Gasteiger partial charge in [0.05, 0.1) is 6.61 Å². The van der Waals surface area contributed by atoms with E-state index >= 15 is 0 Å². The van der Waals surface area contributed by atoms with Gasteiger partial charge in [0.15, 0.2) is 0 Å². The highest BCUT2D eigenvalue weighted by molar-refractivity contribution is 4.59. The number of aliphatic hydroxyl groups excluding tert-OH is 1. The minimum Gasteiger partial charge on any atom is -0.395 e. The Morgan fingerprint density at radius 2 is 2.00 bits per heavy atom. The van der Waals surface area contributed by atoms with Crippen LogP contribution in [0.3, 0.4) is 0 Å². The second-order valence-corrected chi connectivity index (χ2v) is 3.43. The summed E-state index contributed by atoms with van der Waals surface area (Å²) in [6.07, 6.45) is 6.56. The van der Waals surface area contributed by atoms with Gasteiger partial charge >= 0.3 is 0 Å². The van der Waals surface area contributed by atoms with Gasteiger partial charge in [0.1, 0.15) is 0 Å². The molecule has 0 spiro atoms. The zero-order valence-corrected chi connectivity index (χ0v) is 8.47. The Bertz CT molecular complexity index is 85.9. The first kappa shape index (κ1) is 11.9. The van der Waals surface area contributed by atoms with Crippen molar-refractivity contribution < 1.29 is 5.11 Å². The molecule has 0 saturated carbocycles. The Hall–Kier alpha value is -0.0800. The summed E-state index contributed by atoms with van der Waals surface area (Å²) in [5.74, 6) is 0. The van der Waals surface area contributed by atoms with Crippen LogP contribution in [0.25, 0.3) is 0 Å². The van der Waals surface area contributed by atoms with E-state index in [-0.39, 0.29) is 6.61 Å². The van der Waals surface area contributed by atoms with Crippen LogP contribution in [0.5, 0.6) is 0 Å². The van der Waals surface area contributed by atoms with Crippen LogP contribution in [0, 0.1) is 0 Å². The topological polar surface area (TPSA) is 32.3 Å². The van der Waals surface area contributed by atoms with Crippen LogP contribution in [0.2, 0.25) is 0 Å². The fraction of sp³-hybridized carbons (Fsp3) is 1.00. The largest absolute Gasteiger partial charge is 0.395 e. The number of aliphatic hydroxyl groups is 1. The molecule has 0 heterocycles. The molecule has 12 heavy (non-hydrogen) atoms. The molecule has 0 aliphatic heterocycles.